The molecule has 0 unspecified atom stereocenters. The minimum absolute atomic E-state index is 0.0169. The summed E-state index contributed by atoms with van der Waals surface area (Å²) in [5, 5.41) is 0. The van der Waals surface area contributed by atoms with Crippen molar-refractivity contribution in [2.45, 2.75) is 19.9 Å². The maximum atomic E-state index is 11.5. The number of carbonyl (C=O) groups is 1. The molecule has 1 amide bonds. The van der Waals surface area contributed by atoms with Crippen molar-refractivity contribution in [3.05, 3.63) is 0 Å². The zero-order chi connectivity index (χ0) is 10.9. The SMILES string of the molecule is CC(C)N1CCN(S(C)(=O)=O)CC1=O. The Hall–Kier alpha value is -0.620. The molecule has 1 rings (SSSR count). The molecule has 1 aliphatic rings. The summed E-state index contributed by atoms with van der Waals surface area (Å²) in [7, 11) is -3.22. The standard InChI is InChI=1S/C8H16N2O3S/c1-7(2)10-5-4-9(6-8(10)11)14(3,12)13/h7H,4-6H2,1-3H3. The van der Waals surface area contributed by atoms with Crippen molar-refractivity contribution in [1.29, 1.82) is 0 Å². The molecular formula is C8H16N2O3S. The van der Waals surface area contributed by atoms with Crippen LogP contribution in [0.25, 0.3) is 0 Å². The first-order valence-corrected chi connectivity index (χ1v) is 6.42. The van der Waals surface area contributed by atoms with Gasteiger partial charge in [0.05, 0.1) is 12.8 Å². The second kappa shape index (κ2) is 3.86. The highest BCUT2D eigenvalue weighted by atomic mass is 32.2. The van der Waals surface area contributed by atoms with Crippen LogP contribution in [-0.2, 0) is 14.8 Å². The van der Waals surface area contributed by atoms with Gasteiger partial charge in [0.2, 0.25) is 15.9 Å². The van der Waals surface area contributed by atoms with Gasteiger partial charge >= 0.3 is 0 Å². The molecule has 0 aromatic carbocycles. The first-order chi connectivity index (χ1) is 6.32. The summed E-state index contributed by atoms with van der Waals surface area (Å²) in [6.45, 7) is 4.73. The molecule has 14 heavy (non-hydrogen) atoms. The molecule has 0 atom stereocenters. The van der Waals surface area contributed by atoms with E-state index >= 15 is 0 Å². The molecule has 0 aromatic rings. The number of carbonyl (C=O) groups excluding carboxylic acids is 1. The van der Waals surface area contributed by atoms with Gasteiger partial charge in [0, 0.05) is 19.1 Å². The predicted molar refractivity (Wildman–Crippen MR) is 53.3 cm³/mol. The van der Waals surface area contributed by atoms with E-state index in [9.17, 15) is 13.2 Å². The highest BCUT2D eigenvalue weighted by Gasteiger charge is 2.29. The van der Waals surface area contributed by atoms with Gasteiger partial charge in [-0.25, -0.2) is 8.42 Å². The molecule has 0 bridgehead atoms. The van der Waals surface area contributed by atoms with Gasteiger partial charge in [-0.3, -0.25) is 4.79 Å². The number of rotatable bonds is 2. The van der Waals surface area contributed by atoms with E-state index in [0.29, 0.717) is 13.1 Å². The lowest BCUT2D eigenvalue weighted by Crippen LogP contribution is -2.53. The summed E-state index contributed by atoms with van der Waals surface area (Å²) in [6, 6.07) is 0.143. The Morgan fingerprint density at radius 2 is 1.86 bits per heavy atom. The van der Waals surface area contributed by atoms with Crippen LogP contribution in [-0.4, -0.2) is 55.5 Å². The molecule has 1 fully saturated rings. The van der Waals surface area contributed by atoms with Crippen LogP contribution in [0.4, 0.5) is 0 Å². The molecule has 0 spiro atoms. The molecule has 5 nitrogen and oxygen atoms in total. The van der Waals surface area contributed by atoms with Crippen LogP contribution in [0.15, 0.2) is 0 Å². The average Bonchev–Trinajstić information content (AvgIpc) is 2.01. The van der Waals surface area contributed by atoms with Crippen molar-refractivity contribution >= 4 is 15.9 Å². The first-order valence-electron chi connectivity index (χ1n) is 4.57. The summed E-state index contributed by atoms with van der Waals surface area (Å²) < 4.78 is 23.5. The number of hydrogen-bond acceptors (Lipinski definition) is 3. The number of hydrogen-bond donors (Lipinski definition) is 0. The molecule has 6 heteroatoms. The van der Waals surface area contributed by atoms with Crippen LogP contribution >= 0.6 is 0 Å². The Labute approximate surface area is 84.7 Å². The number of amides is 1. The van der Waals surface area contributed by atoms with E-state index in [-0.39, 0.29) is 18.5 Å². The molecular weight excluding hydrogens is 204 g/mol. The van der Waals surface area contributed by atoms with Crippen molar-refractivity contribution in [2.24, 2.45) is 0 Å². The van der Waals surface area contributed by atoms with Crippen LogP contribution in [0.3, 0.4) is 0 Å². The molecule has 0 aromatic heterocycles. The quantitative estimate of drug-likeness (QED) is 0.630. The van der Waals surface area contributed by atoms with E-state index in [1.807, 2.05) is 13.8 Å². The van der Waals surface area contributed by atoms with Gasteiger partial charge in [0.25, 0.3) is 0 Å². The van der Waals surface area contributed by atoms with Gasteiger partial charge in [-0.15, -0.1) is 0 Å². The molecule has 1 aliphatic heterocycles. The highest BCUT2D eigenvalue weighted by Crippen LogP contribution is 2.09. The van der Waals surface area contributed by atoms with Gasteiger partial charge in [-0.2, -0.15) is 4.31 Å². The van der Waals surface area contributed by atoms with Crippen molar-refractivity contribution in [3.8, 4) is 0 Å². The number of nitrogens with zero attached hydrogens (tertiary/aromatic N) is 2. The average molecular weight is 220 g/mol. The topological polar surface area (TPSA) is 57.7 Å². The van der Waals surface area contributed by atoms with Crippen molar-refractivity contribution in [1.82, 2.24) is 9.21 Å². The summed E-state index contributed by atoms with van der Waals surface area (Å²) in [4.78, 5) is 13.2. The third-order valence-electron chi connectivity index (χ3n) is 2.31. The molecule has 82 valence electrons. The second-order valence-corrected chi connectivity index (χ2v) is 5.76. The third kappa shape index (κ3) is 2.45. The molecule has 0 N–H and O–H groups in total. The summed E-state index contributed by atoms with van der Waals surface area (Å²) in [5.41, 5.74) is 0. The number of sulfonamides is 1. The molecule has 0 radical (unpaired) electrons. The van der Waals surface area contributed by atoms with Crippen LogP contribution in [0.1, 0.15) is 13.8 Å². The van der Waals surface area contributed by atoms with E-state index in [1.54, 1.807) is 4.90 Å². The summed E-state index contributed by atoms with van der Waals surface area (Å²) >= 11 is 0. The lowest BCUT2D eigenvalue weighted by molar-refractivity contribution is -0.135. The van der Waals surface area contributed by atoms with Crippen molar-refractivity contribution in [2.75, 3.05) is 25.9 Å². The monoisotopic (exact) mass is 220 g/mol. The van der Waals surface area contributed by atoms with E-state index < -0.39 is 10.0 Å². The molecule has 0 saturated carbocycles. The van der Waals surface area contributed by atoms with E-state index in [1.165, 1.54) is 4.31 Å². The lowest BCUT2D eigenvalue weighted by Gasteiger charge is -2.35. The normalized spacial score (nSPS) is 20.6. The maximum Gasteiger partial charge on any atom is 0.238 e. The fourth-order valence-electron chi connectivity index (χ4n) is 1.49. The summed E-state index contributed by atoms with van der Waals surface area (Å²) in [6.07, 6.45) is 1.13. The Balaban J connectivity index is 2.69. The van der Waals surface area contributed by atoms with Crippen LogP contribution in [0.5, 0.6) is 0 Å². The fraction of sp³-hybridized carbons (Fsp3) is 0.875. The Morgan fingerprint density at radius 1 is 1.29 bits per heavy atom. The summed E-state index contributed by atoms with van der Waals surface area (Å²) in [5.74, 6) is -0.114. The van der Waals surface area contributed by atoms with Gasteiger partial charge < -0.3 is 4.90 Å². The highest BCUT2D eigenvalue weighted by molar-refractivity contribution is 7.88. The minimum Gasteiger partial charge on any atom is -0.338 e. The maximum absolute atomic E-state index is 11.5. The van der Waals surface area contributed by atoms with Crippen LogP contribution in [0.2, 0.25) is 0 Å². The Kier molecular flexibility index (Phi) is 3.16. The van der Waals surface area contributed by atoms with Gasteiger partial charge in [0.1, 0.15) is 0 Å². The Morgan fingerprint density at radius 3 is 2.21 bits per heavy atom. The van der Waals surface area contributed by atoms with Gasteiger partial charge in [-0.05, 0) is 13.8 Å². The zero-order valence-electron chi connectivity index (χ0n) is 8.73. The van der Waals surface area contributed by atoms with Crippen LogP contribution in [0, 0.1) is 0 Å². The van der Waals surface area contributed by atoms with Crippen molar-refractivity contribution in [3.63, 3.8) is 0 Å². The lowest BCUT2D eigenvalue weighted by atomic mass is 10.2. The number of piperazine rings is 1. The molecule has 0 aliphatic carbocycles. The first kappa shape index (κ1) is 11.5. The largest absolute Gasteiger partial charge is 0.338 e. The fourth-order valence-corrected chi connectivity index (χ4v) is 2.25. The third-order valence-corrected chi connectivity index (χ3v) is 3.56. The Bertz CT molecular complexity index is 323. The van der Waals surface area contributed by atoms with Gasteiger partial charge in [-0.1, -0.05) is 0 Å². The molecule has 1 saturated heterocycles. The van der Waals surface area contributed by atoms with Crippen LogP contribution < -0.4 is 0 Å². The van der Waals surface area contributed by atoms with E-state index in [0.717, 1.165) is 6.26 Å². The van der Waals surface area contributed by atoms with Crippen molar-refractivity contribution < 1.29 is 13.2 Å². The predicted octanol–water partition coefficient (Wildman–Crippen LogP) is -0.501. The zero-order valence-corrected chi connectivity index (χ0v) is 9.54. The van der Waals surface area contributed by atoms with E-state index in [4.69, 9.17) is 0 Å². The van der Waals surface area contributed by atoms with Gasteiger partial charge in [0.15, 0.2) is 0 Å². The van der Waals surface area contributed by atoms with E-state index in [2.05, 4.69) is 0 Å². The second-order valence-electron chi connectivity index (χ2n) is 3.78. The minimum atomic E-state index is -3.22. The molecule has 1 heterocycles. The smallest absolute Gasteiger partial charge is 0.238 e.